The number of hydrogen-bond donors (Lipinski definition) is 4. The molecule has 1 aromatic carbocycles. The highest BCUT2D eigenvalue weighted by molar-refractivity contribution is 6.33. The van der Waals surface area contributed by atoms with Gasteiger partial charge in [-0.1, -0.05) is 43.7 Å². The van der Waals surface area contributed by atoms with Crippen LogP contribution in [-0.2, 0) is 29.5 Å². The van der Waals surface area contributed by atoms with Gasteiger partial charge in [0.15, 0.2) is 18.4 Å². The molecule has 264 valence electrons. The van der Waals surface area contributed by atoms with E-state index in [9.17, 15) is 24.6 Å². The van der Waals surface area contributed by atoms with Gasteiger partial charge in [0.1, 0.15) is 17.2 Å². The first-order valence-electron chi connectivity index (χ1n) is 17.2. The van der Waals surface area contributed by atoms with Crippen molar-refractivity contribution >= 4 is 35.3 Å². The minimum Gasteiger partial charge on any atom is -0.454 e. The molecule has 2 saturated carbocycles. The van der Waals surface area contributed by atoms with Gasteiger partial charge in [0.25, 0.3) is 0 Å². The van der Waals surface area contributed by atoms with Crippen molar-refractivity contribution in [1.29, 1.82) is 0 Å². The number of halogens is 1. The standard InChI is InChI=1S/C35H49ClN4O8/c1-7-37-33(43)40(22-12-13-22)17-19(3)23-14-11-20(4)35(45)25(23)15-18(2)29(46-21(5)41)30(35)47-31(42)27-16-34(44)24-9-8-10-26(36)28(24)39(6)48-32(34)38-27/h8-10,15,19-20,22-23,25,27,29-30,32,38,44-45H,7,11-14,16-17H2,1-6H3,(H,37,43)/t19?,20-,23+,25-,27+,29+,30+,32-,34-,35-/m1/s1. The van der Waals surface area contributed by atoms with E-state index >= 15 is 0 Å². The first kappa shape index (κ1) is 34.9. The van der Waals surface area contributed by atoms with Gasteiger partial charge in [0.2, 0.25) is 0 Å². The van der Waals surface area contributed by atoms with Gasteiger partial charge < -0.3 is 29.9 Å². The fraction of sp³-hybridized carbons (Fsp3) is 0.686. The van der Waals surface area contributed by atoms with Gasteiger partial charge in [-0.25, -0.2) is 4.79 Å². The van der Waals surface area contributed by atoms with Crippen molar-refractivity contribution < 1.29 is 38.9 Å². The van der Waals surface area contributed by atoms with Crippen molar-refractivity contribution in [3.8, 4) is 0 Å². The number of carbonyl (C=O) groups excluding carboxylic acids is 3. The first-order chi connectivity index (χ1) is 22.7. The summed E-state index contributed by atoms with van der Waals surface area (Å²) in [4.78, 5) is 47.3. The zero-order chi connectivity index (χ0) is 34.7. The molecule has 0 aromatic heterocycles. The summed E-state index contributed by atoms with van der Waals surface area (Å²) in [5, 5.41) is 32.6. The van der Waals surface area contributed by atoms with Crippen LogP contribution in [0.2, 0.25) is 5.02 Å². The van der Waals surface area contributed by atoms with Gasteiger partial charge in [-0.3, -0.25) is 24.8 Å². The summed E-state index contributed by atoms with van der Waals surface area (Å²) in [6.45, 7) is 10.2. The molecule has 12 nitrogen and oxygen atoms in total. The number of ether oxygens (including phenoxy) is 2. The van der Waals surface area contributed by atoms with E-state index in [0.29, 0.717) is 41.4 Å². The first-order valence-corrected chi connectivity index (χ1v) is 17.6. The van der Waals surface area contributed by atoms with Crippen LogP contribution in [0.15, 0.2) is 29.8 Å². The number of nitrogens with zero attached hydrogens (tertiary/aromatic N) is 2. The Kier molecular flexibility index (Phi) is 9.53. The summed E-state index contributed by atoms with van der Waals surface area (Å²) in [5.41, 5.74) is -1.43. The van der Waals surface area contributed by atoms with E-state index < -0.39 is 53.5 Å². The van der Waals surface area contributed by atoms with E-state index in [2.05, 4.69) is 17.6 Å². The Labute approximate surface area is 287 Å². The molecule has 1 aromatic rings. The van der Waals surface area contributed by atoms with Crippen molar-refractivity contribution in [3.63, 3.8) is 0 Å². The smallest absolute Gasteiger partial charge is 0.323 e. The number of amides is 2. The molecule has 6 rings (SSSR count). The summed E-state index contributed by atoms with van der Waals surface area (Å²) in [7, 11) is 1.68. The van der Waals surface area contributed by atoms with Crippen LogP contribution in [0.5, 0.6) is 0 Å². The van der Waals surface area contributed by atoms with Crippen molar-refractivity contribution in [3.05, 3.63) is 40.4 Å². The highest BCUT2D eigenvalue weighted by Crippen LogP contribution is 2.53. The quantitative estimate of drug-likeness (QED) is 0.236. The summed E-state index contributed by atoms with van der Waals surface area (Å²) in [5.74, 6) is -1.99. The summed E-state index contributed by atoms with van der Waals surface area (Å²) < 4.78 is 12.0. The molecule has 2 aliphatic heterocycles. The van der Waals surface area contributed by atoms with Crippen LogP contribution in [0.25, 0.3) is 0 Å². The van der Waals surface area contributed by atoms with Crippen LogP contribution in [0.1, 0.15) is 72.3 Å². The predicted molar refractivity (Wildman–Crippen MR) is 178 cm³/mol. The highest BCUT2D eigenvalue weighted by Gasteiger charge is 2.62. The lowest BCUT2D eigenvalue weighted by Crippen LogP contribution is -2.66. The molecule has 10 atom stereocenters. The molecule has 0 spiro atoms. The number of anilines is 1. The van der Waals surface area contributed by atoms with E-state index in [4.69, 9.17) is 25.9 Å². The second-order valence-electron chi connectivity index (χ2n) is 14.5. The fourth-order valence-corrected chi connectivity index (χ4v) is 8.94. The maximum Gasteiger partial charge on any atom is 0.323 e. The Hall–Kier alpha value is -2.90. The molecule has 4 N–H and O–H groups in total. The molecular weight excluding hydrogens is 640 g/mol. The lowest BCUT2D eigenvalue weighted by atomic mass is 9.55. The van der Waals surface area contributed by atoms with Crippen molar-refractivity contribution in [2.24, 2.45) is 23.7 Å². The van der Waals surface area contributed by atoms with Crippen LogP contribution < -0.4 is 15.7 Å². The Balaban J connectivity index is 1.28. The molecular formula is C35H49ClN4O8. The molecule has 48 heavy (non-hydrogen) atoms. The number of hydrogen-bond acceptors (Lipinski definition) is 10. The third-order valence-electron chi connectivity index (χ3n) is 11.3. The highest BCUT2D eigenvalue weighted by atomic mass is 35.5. The van der Waals surface area contributed by atoms with Crippen LogP contribution in [0.4, 0.5) is 10.5 Å². The second-order valence-corrected chi connectivity index (χ2v) is 14.9. The number of benzene rings is 1. The van der Waals surface area contributed by atoms with Crippen molar-refractivity contribution in [2.75, 3.05) is 25.2 Å². The largest absolute Gasteiger partial charge is 0.454 e. The van der Waals surface area contributed by atoms with Crippen molar-refractivity contribution in [1.82, 2.24) is 15.5 Å². The zero-order valence-electron chi connectivity index (χ0n) is 28.6. The molecule has 0 radical (unpaired) electrons. The van der Waals surface area contributed by atoms with Crippen LogP contribution in [0.3, 0.4) is 0 Å². The Bertz CT molecular complexity index is 1470. The molecule has 0 bridgehead atoms. The number of para-hydroxylation sites is 1. The Morgan fingerprint density at radius 1 is 1.21 bits per heavy atom. The van der Waals surface area contributed by atoms with Gasteiger partial charge in [-0.15, -0.1) is 0 Å². The number of rotatable bonds is 8. The number of aliphatic hydroxyl groups is 2. The molecule has 5 aliphatic rings. The molecule has 3 aliphatic carbocycles. The number of hydroxylamine groups is 1. The zero-order valence-corrected chi connectivity index (χ0v) is 29.3. The second kappa shape index (κ2) is 13.1. The van der Waals surface area contributed by atoms with Crippen molar-refractivity contribution in [2.45, 2.75) is 108 Å². The molecule has 1 unspecified atom stereocenters. The topological polar surface area (TPSA) is 150 Å². The number of urea groups is 1. The number of nitrogens with one attached hydrogen (secondary N) is 2. The van der Waals surface area contributed by atoms with E-state index in [-0.39, 0.29) is 36.2 Å². The Morgan fingerprint density at radius 3 is 2.60 bits per heavy atom. The summed E-state index contributed by atoms with van der Waals surface area (Å²) >= 11 is 6.45. The molecule has 2 amide bonds. The van der Waals surface area contributed by atoms with Crippen LogP contribution in [-0.4, -0.2) is 89.3 Å². The summed E-state index contributed by atoms with van der Waals surface area (Å²) in [6, 6.07) is 4.34. The average Bonchev–Trinajstić information content (AvgIpc) is 3.80. The maximum atomic E-state index is 14.1. The lowest BCUT2D eigenvalue weighted by Gasteiger charge is -2.56. The Morgan fingerprint density at radius 2 is 1.94 bits per heavy atom. The molecule has 1 saturated heterocycles. The third-order valence-corrected chi connectivity index (χ3v) is 11.6. The van der Waals surface area contributed by atoms with Gasteiger partial charge in [0.05, 0.1) is 10.7 Å². The average molecular weight is 689 g/mol. The predicted octanol–water partition coefficient (Wildman–Crippen LogP) is 3.62. The molecule has 3 fully saturated rings. The lowest BCUT2D eigenvalue weighted by molar-refractivity contribution is -0.225. The fourth-order valence-electron chi connectivity index (χ4n) is 8.64. The normalized spacial score (nSPS) is 36.1. The minimum atomic E-state index is -1.58. The van der Waals surface area contributed by atoms with Gasteiger partial charge in [0, 0.05) is 51.0 Å². The minimum absolute atomic E-state index is 0.0257. The van der Waals surface area contributed by atoms with E-state index in [1.54, 1.807) is 25.2 Å². The maximum absolute atomic E-state index is 14.1. The number of fused-ring (bicyclic) bond motifs is 4. The number of esters is 2. The van der Waals surface area contributed by atoms with Gasteiger partial charge in [-0.2, -0.15) is 0 Å². The SMILES string of the molecule is CCNC(=O)N(CC(C)[C@@H]1CC[C@@H](C)[C@@]2(O)[C@@H]1C=C(C)[C@H](OC(C)=O)[C@@H]2OC(=O)[C@@H]1C[C@@]2(O)c3cccc(Cl)c3N(C)O[C@H]2N1)C1CC1. The third kappa shape index (κ3) is 5.97. The van der Waals surface area contributed by atoms with Gasteiger partial charge >= 0.3 is 18.0 Å². The molecule has 2 heterocycles. The number of carbonyl (C=O) groups is 3. The van der Waals surface area contributed by atoms with E-state index in [1.807, 2.05) is 31.7 Å². The van der Waals surface area contributed by atoms with E-state index in [1.165, 1.54) is 12.0 Å². The van der Waals surface area contributed by atoms with Gasteiger partial charge in [-0.05, 0) is 68.9 Å². The van der Waals surface area contributed by atoms with E-state index in [0.717, 1.165) is 19.3 Å². The molecule has 13 heteroatoms. The monoisotopic (exact) mass is 688 g/mol. The summed E-state index contributed by atoms with van der Waals surface area (Å²) in [6.07, 6.45) is 2.17. The van der Waals surface area contributed by atoms with Crippen LogP contribution >= 0.6 is 11.6 Å². The van der Waals surface area contributed by atoms with Crippen LogP contribution in [0, 0.1) is 23.7 Å².